The number of carbonyl (C=O) groups excluding carboxylic acids is 1. The summed E-state index contributed by atoms with van der Waals surface area (Å²) in [6, 6.07) is 6.86. The minimum atomic E-state index is -4.63. The van der Waals surface area contributed by atoms with Crippen LogP contribution < -0.4 is 16.2 Å². The molecule has 4 N–H and O–H groups in total. The lowest BCUT2D eigenvalue weighted by Crippen LogP contribution is -2.50. The first-order valence-electron chi connectivity index (χ1n) is 11.4. The molecule has 16 heteroatoms. The minimum Gasteiger partial charge on any atom is -0.382 e. The maximum Gasteiger partial charge on any atom is 0.433 e. The lowest BCUT2D eigenvalue weighted by Gasteiger charge is -2.32. The van der Waals surface area contributed by atoms with Crippen LogP contribution in [0.25, 0.3) is 26.7 Å². The number of amides is 1. The summed E-state index contributed by atoms with van der Waals surface area (Å²) in [5.41, 5.74) is 4.58. The van der Waals surface area contributed by atoms with E-state index in [1.54, 1.807) is 12.1 Å². The Kier molecular flexibility index (Phi) is 5.81. The highest BCUT2D eigenvalue weighted by molar-refractivity contribution is 7.14. The number of nitrogens with one attached hydrogen (secondary N) is 1. The average molecular weight is 559 g/mol. The number of H-pyrrole nitrogens is 1. The Balaban J connectivity index is 1.28. The number of fused-ring (bicyclic) bond motifs is 3. The number of nitrogens with zero attached hydrogens (tertiary/aromatic N) is 6. The van der Waals surface area contributed by atoms with Crippen molar-refractivity contribution in [2.24, 2.45) is 0 Å². The molecule has 1 saturated heterocycles. The SMILES string of the molecule is Nc1nsc2c1ccc1nc(C(O)C3OCCN(c4ccn(-c5ccnc(C(F)(F)F)c5)n4)C3=O)[nH]c(=O)c12. The highest BCUT2D eigenvalue weighted by Gasteiger charge is 2.39. The van der Waals surface area contributed by atoms with E-state index >= 15 is 0 Å². The molecule has 4 aromatic heterocycles. The Morgan fingerprint density at radius 1 is 1.23 bits per heavy atom. The Morgan fingerprint density at radius 3 is 2.85 bits per heavy atom. The smallest absolute Gasteiger partial charge is 0.382 e. The number of ether oxygens (including phenoxy) is 1. The van der Waals surface area contributed by atoms with Gasteiger partial charge >= 0.3 is 6.18 Å². The van der Waals surface area contributed by atoms with Crippen LogP contribution >= 0.6 is 11.5 Å². The fraction of sp³-hybridized carbons (Fsp3) is 0.217. The lowest BCUT2D eigenvalue weighted by molar-refractivity contribution is -0.143. The Hall–Kier alpha value is -4.41. The zero-order valence-electron chi connectivity index (χ0n) is 19.6. The number of halogens is 3. The first-order valence-corrected chi connectivity index (χ1v) is 12.2. The third kappa shape index (κ3) is 4.27. The van der Waals surface area contributed by atoms with Gasteiger partial charge in [0, 0.05) is 23.8 Å². The van der Waals surface area contributed by atoms with Gasteiger partial charge in [0.25, 0.3) is 11.5 Å². The van der Waals surface area contributed by atoms with Crippen LogP contribution in [0.4, 0.5) is 24.8 Å². The normalized spacial score (nSPS) is 17.3. The number of benzene rings is 1. The molecule has 1 aliphatic heterocycles. The molecule has 0 spiro atoms. The van der Waals surface area contributed by atoms with Crippen molar-refractivity contribution in [1.29, 1.82) is 0 Å². The fourth-order valence-electron chi connectivity index (χ4n) is 4.32. The first kappa shape index (κ1) is 24.9. The molecule has 1 fully saturated rings. The van der Waals surface area contributed by atoms with Crippen LogP contribution in [0.15, 0.2) is 47.5 Å². The quantitative estimate of drug-likeness (QED) is 0.300. The number of aromatic nitrogens is 6. The molecular weight excluding hydrogens is 541 g/mol. The fourth-order valence-corrected chi connectivity index (χ4v) is 5.17. The summed E-state index contributed by atoms with van der Waals surface area (Å²) in [5.74, 6) is -0.422. The van der Waals surface area contributed by atoms with Gasteiger partial charge in [0.1, 0.15) is 23.4 Å². The number of aliphatic hydroxyl groups is 1. The van der Waals surface area contributed by atoms with Gasteiger partial charge in [0.15, 0.2) is 11.9 Å². The van der Waals surface area contributed by atoms with Gasteiger partial charge in [-0.1, -0.05) is 0 Å². The summed E-state index contributed by atoms with van der Waals surface area (Å²) in [6.07, 6.45) is -5.28. The summed E-state index contributed by atoms with van der Waals surface area (Å²) < 4.78 is 50.5. The first-order chi connectivity index (χ1) is 18.6. The van der Waals surface area contributed by atoms with Crippen LogP contribution in [0.2, 0.25) is 0 Å². The number of aliphatic hydroxyl groups excluding tert-OH is 1. The third-order valence-corrected chi connectivity index (χ3v) is 7.09. The Bertz CT molecular complexity index is 1800. The summed E-state index contributed by atoms with van der Waals surface area (Å²) in [4.78, 5) is 37.6. The van der Waals surface area contributed by atoms with E-state index in [4.69, 9.17) is 10.5 Å². The molecule has 1 aliphatic rings. The van der Waals surface area contributed by atoms with Gasteiger partial charge in [0.2, 0.25) is 0 Å². The number of nitrogens with two attached hydrogens (primary N) is 1. The van der Waals surface area contributed by atoms with E-state index in [2.05, 4.69) is 24.4 Å². The van der Waals surface area contributed by atoms with Gasteiger partial charge in [-0.25, -0.2) is 9.67 Å². The van der Waals surface area contributed by atoms with Crippen LogP contribution in [0, 0.1) is 0 Å². The van der Waals surface area contributed by atoms with Crippen molar-refractivity contribution >= 4 is 50.1 Å². The molecule has 0 bridgehead atoms. The standard InChI is InChI=1S/C23H17F3N8O4S/c24-23(25,26)13-9-10(3-5-28-13)34-6-4-14(31-34)33-7-8-38-17(22(33)37)16(35)20-29-12-2-1-11-18(39-32-19(11)27)15(12)21(36)30-20/h1-6,9,16-17,35H,7-8H2,(H2,27,32)(H,29,30,36). The zero-order valence-corrected chi connectivity index (χ0v) is 20.4. The third-order valence-electron chi connectivity index (χ3n) is 6.20. The molecular formula is C23H17F3N8O4S. The molecule has 12 nitrogen and oxygen atoms in total. The monoisotopic (exact) mass is 558 g/mol. The molecule has 6 rings (SSSR count). The number of pyridine rings is 1. The number of nitrogen functional groups attached to an aromatic ring is 1. The number of hydrogen-bond acceptors (Lipinski definition) is 10. The van der Waals surface area contributed by atoms with E-state index in [-0.39, 0.29) is 47.2 Å². The second-order valence-electron chi connectivity index (χ2n) is 8.60. The second kappa shape index (κ2) is 9.11. The van der Waals surface area contributed by atoms with Gasteiger partial charge in [-0.15, -0.1) is 5.10 Å². The van der Waals surface area contributed by atoms with Gasteiger partial charge in [0.05, 0.1) is 34.4 Å². The molecule has 2 atom stereocenters. The number of hydrogen-bond donors (Lipinski definition) is 3. The lowest BCUT2D eigenvalue weighted by atomic mass is 10.1. The number of aromatic amines is 1. The number of alkyl halides is 3. The van der Waals surface area contributed by atoms with E-state index in [0.717, 1.165) is 23.8 Å². The summed E-state index contributed by atoms with van der Waals surface area (Å²) >= 11 is 1.05. The van der Waals surface area contributed by atoms with Crippen molar-refractivity contribution in [2.45, 2.75) is 18.4 Å². The molecule has 0 saturated carbocycles. The summed E-state index contributed by atoms with van der Waals surface area (Å²) in [7, 11) is 0. The van der Waals surface area contributed by atoms with Crippen molar-refractivity contribution in [1.82, 2.24) is 29.1 Å². The molecule has 0 aliphatic carbocycles. The largest absolute Gasteiger partial charge is 0.433 e. The molecule has 5 heterocycles. The van der Waals surface area contributed by atoms with Crippen LogP contribution in [0.5, 0.6) is 0 Å². The molecule has 200 valence electrons. The molecule has 0 radical (unpaired) electrons. The Morgan fingerprint density at radius 2 is 2.05 bits per heavy atom. The maximum atomic E-state index is 13.3. The van der Waals surface area contributed by atoms with Crippen molar-refractivity contribution in [3.63, 3.8) is 0 Å². The van der Waals surface area contributed by atoms with Gasteiger partial charge in [-0.2, -0.15) is 17.5 Å². The van der Waals surface area contributed by atoms with Crippen molar-refractivity contribution in [3.8, 4) is 5.69 Å². The van der Waals surface area contributed by atoms with Crippen LogP contribution in [0.3, 0.4) is 0 Å². The van der Waals surface area contributed by atoms with E-state index in [1.165, 1.54) is 27.9 Å². The number of carbonyl (C=O) groups is 1. The molecule has 2 unspecified atom stereocenters. The second-order valence-corrected chi connectivity index (χ2v) is 9.37. The molecule has 1 aromatic carbocycles. The molecule has 1 amide bonds. The van der Waals surface area contributed by atoms with E-state index < -0.39 is 35.5 Å². The Labute approximate surface area is 219 Å². The number of anilines is 2. The zero-order chi connectivity index (χ0) is 27.5. The minimum absolute atomic E-state index is 0.0202. The van der Waals surface area contributed by atoms with Crippen molar-refractivity contribution in [2.75, 3.05) is 23.8 Å². The van der Waals surface area contributed by atoms with Crippen LogP contribution in [-0.4, -0.2) is 59.4 Å². The number of morpholine rings is 1. The van der Waals surface area contributed by atoms with Gasteiger partial charge < -0.3 is 20.6 Å². The summed E-state index contributed by atoms with van der Waals surface area (Å²) in [6.45, 7) is 0.0993. The van der Waals surface area contributed by atoms with E-state index in [0.29, 0.717) is 10.1 Å². The molecule has 5 aromatic rings. The number of rotatable bonds is 4. The van der Waals surface area contributed by atoms with Crippen LogP contribution in [-0.2, 0) is 15.7 Å². The van der Waals surface area contributed by atoms with Crippen LogP contribution in [0.1, 0.15) is 17.6 Å². The highest BCUT2D eigenvalue weighted by atomic mass is 32.1. The topological polar surface area (TPSA) is 165 Å². The van der Waals surface area contributed by atoms with E-state index in [1.807, 2.05) is 0 Å². The average Bonchev–Trinajstić information content (AvgIpc) is 3.55. The van der Waals surface area contributed by atoms with Crippen molar-refractivity contribution in [3.05, 3.63) is 64.6 Å². The maximum absolute atomic E-state index is 13.3. The van der Waals surface area contributed by atoms with E-state index in [9.17, 15) is 27.9 Å². The van der Waals surface area contributed by atoms with Gasteiger partial charge in [-0.3, -0.25) is 19.5 Å². The highest BCUT2D eigenvalue weighted by Crippen LogP contribution is 2.31. The van der Waals surface area contributed by atoms with Crippen molar-refractivity contribution < 1.29 is 27.8 Å². The predicted molar refractivity (Wildman–Crippen MR) is 133 cm³/mol. The molecule has 39 heavy (non-hydrogen) atoms. The predicted octanol–water partition coefficient (Wildman–Crippen LogP) is 2.18. The summed E-state index contributed by atoms with van der Waals surface area (Å²) in [5, 5.41) is 16.1. The van der Waals surface area contributed by atoms with Gasteiger partial charge in [-0.05, 0) is 35.8 Å².